The SMILES string of the molecule is CN(C)CC(C)(C)CNCC(C#N)c1ccccc1. The van der Waals surface area contributed by atoms with E-state index in [0.29, 0.717) is 6.54 Å². The van der Waals surface area contributed by atoms with Gasteiger partial charge >= 0.3 is 0 Å². The molecule has 0 bridgehead atoms. The quantitative estimate of drug-likeness (QED) is 0.817. The van der Waals surface area contributed by atoms with Crippen molar-refractivity contribution in [2.75, 3.05) is 33.7 Å². The Hall–Kier alpha value is -1.37. The van der Waals surface area contributed by atoms with Gasteiger partial charge in [0.15, 0.2) is 0 Å². The van der Waals surface area contributed by atoms with Gasteiger partial charge in [0.2, 0.25) is 0 Å². The van der Waals surface area contributed by atoms with Crippen molar-refractivity contribution in [2.45, 2.75) is 19.8 Å². The first-order valence-electron chi connectivity index (χ1n) is 6.74. The van der Waals surface area contributed by atoms with Crippen LogP contribution in [0.15, 0.2) is 30.3 Å². The minimum Gasteiger partial charge on any atom is -0.315 e. The molecule has 0 aliphatic carbocycles. The van der Waals surface area contributed by atoms with Crippen molar-refractivity contribution in [1.82, 2.24) is 10.2 Å². The summed E-state index contributed by atoms with van der Waals surface area (Å²) in [7, 11) is 4.17. The molecule has 3 heteroatoms. The Balaban J connectivity index is 2.46. The van der Waals surface area contributed by atoms with Crippen LogP contribution in [0.25, 0.3) is 0 Å². The normalized spacial score (nSPS) is 13.3. The van der Waals surface area contributed by atoms with Crippen LogP contribution in [0, 0.1) is 16.7 Å². The lowest BCUT2D eigenvalue weighted by Crippen LogP contribution is -2.38. The maximum absolute atomic E-state index is 9.26. The van der Waals surface area contributed by atoms with E-state index in [1.807, 2.05) is 30.3 Å². The predicted octanol–water partition coefficient (Wildman–Crippen LogP) is 2.47. The zero-order valence-electron chi connectivity index (χ0n) is 12.5. The summed E-state index contributed by atoms with van der Waals surface area (Å²) < 4.78 is 0. The fourth-order valence-electron chi connectivity index (χ4n) is 2.39. The van der Waals surface area contributed by atoms with Crippen molar-refractivity contribution in [3.63, 3.8) is 0 Å². The Morgan fingerprint density at radius 1 is 1.26 bits per heavy atom. The first-order valence-corrected chi connectivity index (χ1v) is 6.74. The van der Waals surface area contributed by atoms with Gasteiger partial charge in [-0.15, -0.1) is 0 Å². The molecule has 0 saturated heterocycles. The van der Waals surface area contributed by atoms with E-state index in [1.54, 1.807) is 0 Å². The average Bonchev–Trinajstić information content (AvgIpc) is 2.34. The summed E-state index contributed by atoms with van der Waals surface area (Å²) in [6.07, 6.45) is 0. The van der Waals surface area contributed by atoms with Crippen molar-refractivity contribution in [3.8, 4) is 6.07 Å². The van der Waals surface area contributed by atoms with Crippen molar-refractivity contribution >= 4 is 0 Å². The number of hydrogen-bond donors (Lipinski definition) is 1. The molecule has 1 unspecified atom stereocenters. The summed E-state index contributed by atoms with van der Waals surface area (Å²) in [6, 6.07) is 12.3. The minimum atomic E-state index is -0.0728. The highest BCUT2D eigenvalue weighted by Gasteiger charge is 2.19. The molecule has 0 radical (unpaired) electrons. The van der Waals surface area contributed by atoms with E-state index in [4.69, 9.17) is 0 Å². The standard InChI is InChI=1S/C16H25N3/c1-16(2,13-19(3)4)12-18-11-15(10-17)14-8-6-5-7-9-14/h5-9,15,18H,11-13H2,1-4H3. The molecular formula is C16H25N3. The molecule has 1 aromatic rings. The molecule has 3 nitrogen and oxygen atoms in total. The number of nitrogens with one attached hydrogen (secondary N) is 1. The summed E-state index contributed by atoms with van der Waals surface area (Å²) >= 11 is 0. The number of benzene rings is 1. The summed E-state index contributed by atoms with van der Waals surface area (Å²) in [5.74, 6) is -0.0728. The van der Waals surface area contributed by atoms with Gasteiger partial charge in [0, 0.05) is 19.6 Å². The van der Waals surface area contributed by atoms with Crippen molar-refractivity contribution in [2.24, 2.45) is 5.41 Å². The Labute approximate surface area is 117 Å². The molecule has 1 rings (SSSR count). The molecule has 1 N–H and O–H groups in total. The molecule has 1 aromatic carbocycles. The smallest absolute Gasteiger partial charge is 0.0837 e. The Morgan fingerprint density at radius 2 is 1.89 bits per heavy atom. The molecule has 0 aliphatic heterocycles. The molecular weight excluding hydrogens is 234 g/mol. The third-order valence-electron chi connectivity index (χ3n) is 3.05. The first-order chi connectivity index (χ1) is 8.94. The molecule has 0 aliphatic rings. The summed E-state index contributed by atoms with van der Waals surface area (Å²) in [6.45, 7) is 7.13. The van der Waals surface area contributed by atoms with E-state index in [0.717, 1.165) is 18.7 Å². The lowest BCUT2D eigenvalue weighted by atomic mass is 9.92. The van der Waals surface area contributed by atoms with Crippen molar-refractivity contribution in [1.29, 1.82) is 5.26 Å². The monoisotopic (exact) mass is 259 g/mol. The summed E-state index contributed by atoms with van der Waals surface area (Å²) in [5.41, 5.74) is 1.29. The molecule has 0 saturated carbocycles. The van der Waals surface area contributed by atoms with Gasteiger partial charge in [-0.3, -0.25) is 0 Å². The Kier molecular flexibility index (Phi) is 6.01. The van der Waals surface area contributed by atoms with Gasteiger partial charge in [-0.2, -0.15) is 5.26 Å². The second kappa shape index (κ2) is 7.28. The van der Waals surface area contributed by atoms with Gasteiger partial charge < -0.3 is 10.2 Å². The zero-order valence-corrected chi connectivity index (χ0v) is 12.5. The number of nitrogens with zero attached hydrogens (tertiary/aromatic N) is 2. The van der Waals surface area contributed by atoms with Crippen LogP contribution < -0.4 is 5.32 Å². The van der Waals surface area contributed by atoms with Crippen LogP contribution in [-0.2, 0) is 0 Å². The van der Waals surface area contributed by atoms with Crippen molar-refractivity contribution < 1.29 is 0 Å². The third kappa shape index (κ3) is 5.87. The van der Waals surface area contributed by atoms with Crippen molar-refractivity contribution in [3.05, 3.63) is 35.9 Å². The molecule has 0 fully saturated rings. The second-order valence-corrected chi connectivity index (χ2v) is 6.13. The highest BCUT2D eigenvalue weighted by atomic mass is 15.1. The molecule has 1 atom stereocenters. The Bertz CT molecular complexity index is 404. The predicted molar refractivity (Wildman–Crippen MR) is 80.0 cm³/mol. The highest BCUT2D eigenvalue weighted by molar-refractivity contribution is 5.25. The Morgan fingerprint density at radius 3 is 2.42 bits per heavy atom. The zero-order chi connectivity index (χ0) is 14.3. The van der Waals surface area contributed by atoms with Crippen LogP contribution in [0.2, 0.25) is 0 Å². The van der Waals surface area contributed by atoms with Crippen LogP contribution >= 0.6 is 0 Å². The molecule has 104 valence electrons. The van der Waals surface area contributed by atoms with Gasteiger partial charge in [-0.05, 0) is 25.1 Å². The van der Waals surface area contributed by atoms with E-state index in [2.05, 4.69) is 44.2 Å². The average molecular weight is 259 g/mol. The topological polar surface area (TPSA) is 39.1 Å². The maximum atomic E-state index is 9.26. The number of rotatable bonds is 7. The largest absolute Gasteiger partial charge is 0.315 e. The van der Waals surface area contributed by atoms with E-state index in [-0.39, 0.29) is 11.3 Å². The first kappa shape index (κ1) is 15.7. The van der Waals surface area contributed by atoms with Crippen LogP contribution in [-0.4, -0.2) is 38.6 Å². The molecule has 0 aromatic heterocycles. The van der Waals surface area contributed by atoms with E-state index < -0.39 is 0 Å². The van der Waals surface area contributed by atoms with Gasteiger partial charge in [0.05, 0.1) is 12.0 Å². The van der Waals surface area contributed by atoms with Crippen LogP contribution in [0.5, 0.6) is 0 Å². The van der Waals surface area contributed by atoms with Gasteiger partial charge in [-0.1, -0.05) is 44.2 Å². The van der Waals surface area contributed by atoms with Gasteiger partial charge in [0.25, 0.3) is 0 Å². The highest BCUT2D eigenvalue weighted by Crippen LogP contribution is 2.16. The summed E-state index contributed by atoms with van der Waals surface area (Å²) in [5, 5.41) is 12.7. The van der Waals surface area contributed by atoms with E-state index in [9.17, 15) is 5.26 Å². The number of hydrogen-bond acceptors (Lipinski definition) is 3. The van der Waals surface area contributed by atoms with Crippen LogP contribution in [0.4, 0.5) is 0 Å². The summed E-state index contributed by atoms with van der Waals surface area (Å²) in [4.78, 5) is 2.20. The molecule has 0 heterocycles. The lowest BCUT2D eigenvalue weighted by Gasteiger charge is -2.29. The van der Waals surface area contributed by atoms with Crippen LogP contribution in [0.3, 0.4) is 0 Å². The molecule has 19 heavy (non-hydrogen) atoms. The minimum absolute atomic E-state index is 0.0728. The fraction of sp³-hybridized carbons (Fsp3) is 0.562. The number of nitriles is 1. The maximum Gasteiger partial charge on any atom is 0.0837 e. The third-order valence-corrected chi connectivity index (χ3v) is 3.05. The molecule has 0 spiro atoms. The van der Waals surface area contributed by atoms with Crippen LogP contribution in [0.1, 0.15) is 25.3 Å². The lowest BCUT2D eigenvalue weighted by molar-refractivity contribution is 0.232. The van der Waals surface area contributed by atoms with E-state index >= 15 is 0 Å². The van der Waals surface area contributed by atoms with Gasteiger partial charge in [0.1, 0.15) is 0 Å². The second-order valence-electron chi connectivity index (χ2n) is 6.13. The van der Waals surface area contributed by atoms with E-state index in [1.165, 1.54) is 0 Å². The van der Waals surface area contributed by atoms with Gasteiger partial charge in [-0.25, -0.2) is 0 Å². The molecule has 0 amide bonds. The fourth-order valence-corrected chi connectivity index (χ4v) is 2.39.